The smallest absolute Gasteiger partial charge is 0.137 e. The summed E-state index contributed by atoms with van der Waals surface area (Å²) in [5, 5.41) is 4.37. The lowest BCUT2D eigenvalue weighted by Crippen LogP contribution is -2.06. The van der Waals surface area contributed by atoms with E-state index in [1.54, 1.807) is 18.7 Å². The van der Waals surface area contributed by atoms with Crippen molar-refractivity contribution in [3.05, 3.63) is 24.8 Å². The van der Waals surface area contributed by atoms with E-state index in [4.69, 9.17) is 0 Å². The van der Waals surface area contributed by atoms with E-state index >= 15 is 0 Å². The Kier molecular flexibility index (Phi) is 3.29. The van der Waals surface area contributed by atoms with Crippen molar-refractivity contribution in [2.75, 3.05) is 11.9 Å². The van der Waals surface area contributed by atoms with Gasteiger partial charge in [-0.25, -0.2) is 9.97 Å². The summed E-state index contributed by atoms with van der Waals surface area (Å²) in [6, 6.07) is 1.94. The van der Waals surface area contributed by atoms with E-state index in [0.29, 0.717) is 5.92 Å². The zero-order valence-corrected chi connectivity index (χ0v) is 9.64. The van der Waals surface area contributed by atoms with Gasteiger partial charge in [0, 0.05) is 18.1 Å². The predicted octanol–water partition coefficient (Wildman–Crippen LogP) is 2.48. The van der Waals surface area contributed by atoms with Crippen LogP contribution in [0.2, 0.25) is 0 Å². The molecule has 0 atom stereocenters. The van der Waals surface area contributed by atoms with E-state index in [9.17, 15) is 0 Å². The molecule has 16 heavy (non-hydrogen) atoms. The molecule has 0 aliphatic heterocycles. The van der Waals surface area contributed by atoms with E-state index in [1.807, 2.05) is 6.07 Å². The van der Waals surface area contributed by atoms with Crippen LogP contribution in [0.5, 0.6) is 0 Å². The third-order valence-corrected chi connectivity index (χ3v) is 2.45. The predicted molar refractivity (Wildman–Crippen MR) is 65.3 cm³/mol. The van der Waals surface area contributed by atoms with Crippen molar-refractivity contribution in [2.24, 2.45) is 5.92 Å². The van der Waals surface area contributed by atoms with Crippen LogP contribution in [0.15, 0.2) is 24.8 Å². The Morgan fingerprint density at radius 3 is 3.00 bits per heavy atom. The molecule has 2 aromatic rings. The summed E-state index contributed by atoms with van der Waals surface area (Å²) in [5.41, 5.74) is 0.879. The minimum Gasteiger partial charge on any atom is -0.369 e. The van der Waals surface area contributed by atoms with Crippen LogP contribution in [0.25, 0.3) is 10.9 Å². The van der Waals surface area contributed by atoms with Gasteiger partial charge in [0.25, 0.3) is 0 Å². The highest BCUT2D eigenvalue weighted by Crippen LogP contribution is 2.17. The normalized spacial score (nSPS) is 10.9. The first-order chi connectivity index (χ1) is 7.77. The lowest BCUT2D eigenvalue weighted by atomic mass is 10.1. The van der Waals surface area contributed by atoms with Crippen LogP contribution in [-0.2, 0) is 0 Å². The van der Waals surface area contributed by atoms with Gasteiger partial charge in [-0.3, -0.25) is 4.98 Å². The molecule has 0 bridgehead atoms. The Hall–Kier alpha value is -1.71. The first-order valence-electron chi connectivity index (χ1n) is 5.56. The molecule has 0 amide bonds. The molecule has 4 nitrogen and oxygen atoms in total. The largest absolute Gasteiger partial charge is 0.369 e. The molecule has 0 saturated heterocycles. The van der Waals surface area contributed by atoms with Crippen LogP contribution < -0.4 is 5.32 Å². The summed E-state index contributed by atoms with van der Waals surface area (Å²) < 4.78 is 0. The van der Waals surface area contributed by atoms with Crippen LogP contribution in [0.3, 0.4) is 0 Å². The van der Waals surface area contributed by atoms with Gasteiger partial charge in [0.05, 0.1) is 11.7 Å². The molecule has 0 aliphatic carbocycles. The number of fused-ring (bicyclic) bond motifs is 1. The summed E-state index contributed by atoms with van der Waals surface area (Å²) in [5.74, 6) is 1.59. The van der Waals surface area contributed by atoms with Crippen LogP contribution in [0.1, 0.15) is 20.3 Å². The lowest BCUT2D eigenvalue weighted by molar-refractivity contribution is 0.607. The van der Waals surface area contributed by atoms with Gasteiger partial charge < -0.3 is 5.32 Å². The van der Waals surface area contributed by atoms with Crippen molar-refractivity contribution in [3.63, 3.8) is 0 Å². The molecule has 84 valence electrons. The molecule has 0 aliphatic rings. The highest BCUT2D eigenvalue weighted by molar-refractivity contribution is 5.87. The minimum absolute atomic E-state index is 0.697. The van der Waals surface area contributed by atoms with E-state index < -0.39 is 0 Å². The number of nitrogens with zero attached hydrogens (tertiary/aromatic N) is 3. The van der Waals surface area contributed by atoms with Crippen molar-refractivity contribution < 1.29 is 0 Å². The number of aromatic nitrogens is 3. The van der Waals surface area contributed by atoms with Crippen LogP contribution in [0.4, 0.5) is 5.82 Å². The lowest BCUT2D eigenvalue weighted by Gasteiger charge is -2.09. The third-order valence-electron chi connectivity index (χ3n) is 2.45. The zero-order valence-electron chi connectivity index (χ0n) is 9.64. The Morgan fingerprint density at radius 1 is 1.31 bits per heavy atom. The first kappa shape index (κ1) is 10.8. The molecular weight excluding hydrogens is 200 g/mol. The number of hydrogen-bond donors (Lipinski definition) is 1. The van der Waals surface area contributed by atoms with Gasteiger partial charge in [0.1, 0.15) is 12.1 Å². The average molecular weight is 216 g/mol. The van der Waals surface area contributed by atoms with Gasteiger partial charge in [-0.1, -0.05) is 13.8 Å². The fraction of sp³-hybridized carbons (Fsp3) is 0.417. The van der Waals surface area contributed by atoms with Crippen LogP contribution >= 0.6 is 0 Å². The SMILES string of the molecule is CC(C)CCNc1ncnc2cnccc12. The molecule has 4 heteroatoms. The molecule has 2 rings (SSSR count). The van der Waals surface area contributed by atoms with Crippen molar-refractivity contribution in [2.45, 2.75) is 20.3 Å². The van der Waals surface area contributed by atoms with E-state index in [1.165, 1.54) is 0 Å². The van der Waals surface area contributed by atoms with Crippen molar-refractivity contribution in [1.82, 2.24) is 15.0 Å². The van der Waals surface area contributed by atoms with Crippen molar-refractivity contribution in [1.29, 1.82) is 0 Å². The Labute approximate surface area is 95.1 Å². The molecule has 1 N–H and O–H groups in total. The maximum Gasteiger partial charge on any atom is 0.137 e. The third kappa shape index (κ3) is 2.45. The second kappa shape index (κ2) is 4.88. The highest BCUT2D eigenvalue weighted by Gasteiger charge is 2.02. The second-order valence-electron chi connectivity index (χ2n) is 4.22. The number of hydrogen-bond acceptors (Lipinski definition) is 4. The number of nitrogens with one attached hydrogen (secondary N) is 1. The molecule has 0 spiro atoms. The number of rotatable bonds is 4. The van der Waals surface area contributed by atoms with E-state index in [0.717, 1.165) is 29.7 Å². The summed E-state index contributed by atoms with van der Waals surface area (Å²) in [6.45, 7) is 5.36. The second-order valence-corrected chi connectivity index (χ2v) is 4.22. The molecule has 0 aromatic carbocycles. The maximum atomic E-state index is 4.25. The van der Waals surface area contributed by atoms with Gasteiger partial charge in [0.15, 0.2) is 0 Å². The standard InChI is InChI=1S/C12H16N4/c1-9(2)3-6-14-12-10-4-5-13-7-11(10)15-8-16-12/h4-5,7-9H,3,6H2,1-2H3,(H,14,15,16). The van der Waals surface area contributed by atoms with E-state index in [2.05, 4.69) is 34.1 Å². The first-order valence-corrected chi connectivity index (χ1v) is 5.56. The number of pyridine rings is 1. The Balaban J connectivity index is 2.17. The summed E-state index contributed by atoms with van der Waals surface area (Å²) in [4.78, 5) is 12.5. The Bertz CT molecular complexity index is 462. The van der Waals surface area contributed by atoms with Gasteiger partial charge in [-0.15, -0.1) is 0 Å². The summed E-state index contributed by atoms with van der Waals surface area (Å²) >= 11 is 0. The molecular formula is C12H16N4. The fourth-order valence-corrected chi connectivity index (χ4v) is 1.53. The molecule has 0 saturated carbocycles. The van der Waals surface area contributed by atoms with Gasteiger partial charge >= 0.3 is 0 Å². The summed E-state index contributed by atoms with van der Waals surface area (Å²) in [6.07, 6.45) is 6.22. The maximum absolute atomic E-state index is 4.25. The highest BCUT2D eigenvalue weighted by atomic mass is 15.0. The van der Waals surface area contributed by atoms with Gasteiger partial charge in [-0.05, 0) is 18.4 Å². The monoisotopic (exact) mass is 216 g/mol. The van der Waals surface area contributed by atoms with Crippen LogP contribution in [-0.4, -0.2) is 21.5 Å². The van der Waals surface area contributed by atoms with Gasteiger partial charge in [-0.2, -0.15) is 0 Å². The minimum atomic E-state index is 0.697. The quantitative estimate of drug-likeness (QED) is 0.853. The molecule has 0 radical (unpaired) electrons. The van der Waals surface area contributed by atoms with Gasteiger partial charge in [0.2, 0.25) is 0 Å². The molecule has 2 aromatic heterocycles. The summed E-state index contributed by atoms with van der Waals surface area (Å²) in [7, 11) is 0. The average Bonchev–Trinajstić information content (AvgIpc) is 2.29. The Morgan fingerprint density at radius 2 is 2.19 bits per heavy atom. The van der Waals surface area contributed by atoms with Crippen molar-refractivity contribution in [3.8, 4) is 0 Å². The number of anilines is 1. The van der Waals surface area contributed by atoms with E-state index in [-0.39, 0.29) is 0 Å². The van der Waals surface area contributed by atoms with Crippen molar-refractivity contribution >= 4 is 16.7 Å². The molecule has 0 unspecified atom stereocenters. The zero-order chi connectivity index (χ0) is 11.4. The fourth-order valence-electron chi connectivity index (χ4n) is 1.53. The topological polar surface area (TPSA) is 50.7 Å². The molecule has 2 heterocycles. The molecule has 0 fully saturated rings. The van der Waals surface area contributed by atoms with Crippen LogP contribution in [0, 0.1) is 5.92 Å².